The van der Waals surface area contributed by atoms with E-state index in [-0.39, 0.29) is 16.5 Å². The molecule has 1 unspecified atom stereocenters. The van der Waals surface area contributed by atoms with Gasteiger partial charge in [0.15, 0.2) is 5.13 Å². The molecule has 9 heteroatoms. The van der Waals surface area contributed by atoms with Crippen molar-refractivity contribution in [2.75, 3.05) is 18.1 Å². The first-order valence-corrected chi connectivity index (χ1v) is 14.6. The monoisotopic (exact) mass is 574 g/mol. The predicted octanol–water partition coefficient (Wildman–Crippen LogP) is 7.42. The van der Waals surface area contributed by atoms with E-state index in [4.69, 9.17) is 9.47 Å². The second-order valence-corrected chi connectivity index (χ2v) is 10.8. The van der Waals surface area contributed by atoms with Crippen molar-refractivity contribution < 1.29 is 28.6 Å². The van der Waals surface area contributed by atoms with Crippen LogP contribution in [-0.2, 0) is 9.59 Å². The number of aliphatic hydroxyl groups is 1. The number of hydrogen-bond acceptors (Lipinski definition) is 7. The third-order valence-corrected chi connectivity index (χ3v) is 7.80. The van der Waals surface area contributed by atoms with Gasteiger partial charge < -0.3 is 14.6 Å². The van der Waals surface area contributed by atoms with E-state index in [0.717, 1.165) is 37.0 Å². The summed E-state index contributed by atoms with van der Waals surface area (Å²) >= 11 is 1.11. The van der Waals surface area contributed by atoms with Gasteiger partial charge in [-0.05, 0) is 60.9 Å². The van der Waals surface area contributed by atoms with Crippen LogP contribution in [0.5, 0.6) is 11.5 Å². The molecular formula is C32H31FN2O5S. The van der Waals surface area contributed by atoms with Gasteiger partial charge in [-0.1, -0.05) is 62.3 Å². The average molecular weight is 575 g/mol. The number of hydrogen-bond donors (Lipinski definition) is 1. The van der Waals surface area contributed by atoms with Gasteiger partial charge in [0, 0.05) is 5.56 Å². The Balaban J connectivity index is 1.59. The largest absolute Gasteiger partial charge is 0.507 e. The molecule has 1 aromatic heterocycles. The fourth-order valence-electron chi connectivity index (χ4n) is 4.73. The Bertz CT molecular complexity index is 1600. The molecule has 1 atom stereocenters. The standard InChI is InChI=1S/C32H31FN2O5S/c1-3-5-6-17-40-23-13-10-20(11-14-23)28-27(29(36)21-8-7-9-24(18-21)39-16-4-2)30(37)31(38)35(28)32-34-25-15-12-22(33)19-26(25)41-32/h7-15,18-19,28,36H,3-6,16-17H2,1-2H3. The molecule has 1 fully saturated rings. The minimum absolute atomic E-state index is 0.0651. The molecule has 0 saturated carbocycles. The van der Waals surface area contributed by atoms with E-state index in [9.17, 15) is 19.1 Å². The molecule has 0 aliphatic carbocycles. The summed E-state index contributed by atoms with van der Waals surface area (Å²) in [4.78, 5) is 32.9. The molecule has 1 aliphatic rings. The van der Waals surface area contributed by atoms with Gasteiger partial charge in [-0.25, -0.2) is 9.37 Å². The molecule has 41 heavy (non-hydrogen) atoms. The van der Waals surface area contributed by atoms with Crippen LogP contribution >= 0.6 is 11.3 Å². The van der Waals surface area contributed by atoms with Crippen LogP contribution in [0.2, 0.25) is 0 Å². The number of rotatable bonds is 11. The van der Waals surface area contributed by atoms with Crippen LogP contribution in [0.4, 0.5) is 9.52 Å². The summed E-state index contributed by atoms with van der Waals surface area (Å²) in [6.45, 7) is 5.20. The summed E-state index contributed by atoms with van der Waals surface area (Å²) in [5.74, 6) is -1.19. The number of amides is 1. The molecule has 5 rings (SSSR count). The third-order valence-electron chi connectivity index (χ3n) is 6.78. The summed E-state index contributed by atoms with van der Waals surface area (Å²) < 4.78 is 26.0. The molecule has 0 radical (unpaired) electrons. The van der Waals surface area contributed by atoms with Crippen molar-refractivity contribution in [1.82, 2.24) is 4.98 Å². The topological polar surface area (TPSA) is 89.0 Å². The van der Waals surface area contributed by atoms with Crippen LogP contribution in [-0.4, -0.2) is 35.0 Å². The zero-order chi connectivity index (χ0) is 28.9. The molecule has 0 spiro atoms. The van der Waals surface area contributed by atoms with Crippen LogP contribution < -0.4 is 14.4 Å². The molecular weight excluding hydrogens is 543 g/mol. The zero-order valence-corrected chi connectivity index (χ0v) is 23.7. The summed E-state index contributed by atoms with van der Waals surface area (Å²) in [6, 6.07) is 17.1. The number of aromatic nitrogens is 1. The lowest BCUT2D eigenvalue weighted by molar-refractivity contribution is -0.132. The van der Waals surface area contributed by atoms with Crippen LogP contribution in [0.25, 0.3) is 16.0 Å². The molecule has 212 valence electrons. The first-order valence-electron chi connectivity index (χ1n) is 13.7. The molecule has 1 aliphatic heterocycles. The number of aliphatic hydroxyl groups excluding tert-OH is 1. The van der Waals surface area contributed by atoms with E-state index in [2.05, 4.69) is 11.9 Å². The van der Waals surface area contributed by atoms with Crippen molar-refractivity contribution in [3.8, 4) is 11.5 Å². The molecule has 4 aromatic rings. The smallest absolute Gasteiger partial charge is 0.301 e. The Kier molecular flexibility index (Phi) is 8.64. The maximum Gasteiger partial charge on any atom is 0.301 e. The average Bonchev–Trinajstić information content (AvgIpc) is 3.51. The predicted molar refractivity (Wildman–Crippen MR) is 158 cm³/mol. The number of thiazole rings is 1. The van der Waals surface area contributed by atoms with E-state index < -0.39 is 23.5 Å². The molecule has 7 nitrogen and oxygen atoms in total. The van der Waals surface area contributed by atoms with Gasteiger partial charge in [0.25, 0.3) is 5.78 Å². The van der Waals surface area contributed by atoms with Crippen molar-refractivity contribution in [3.63, 3.8) is 0 Å². The van der Waals surface area contributed by atoms with Crippen molar-refractivity contribution in [2.45, 2.75) is 45.6 Å². The Morgan fingerprint density at radius 1 is 0.951 bits per heavy atom. The Hall–Kier alpha value is -4.24. The van der Waals surface area contributed by atoms with Crippen LogP contribution in [0.1, 0.15) is 56.7 Å². The van der Waals surface area contributed by atoms with Crippen LogP contribution in [0, 0.1) is 5.82 Å². The Morgan fingerprint density at radius 3 is 2.49 bits per heavy atom. The summed E-state index contributed by atoms with van der Waals surface area (Å²) in [7, 11) is 0. The molecule has 2 heterocycles. The van der Waals surface area contributed by atoms with E-state index in [0.29, 0.717) is 46.1 Å². The highest BCUT2D eigenvalue weighted by atomic mass is 32.1. The van der Waals surface area contributed by atoms with Crippen molar-refractivity contribution in [2.24, 2.45) is 0 Å². The fourth-order valence-corrected chi connectivity index (χ4v) is 5.75. The molecule has 1 N–H and O–H groups in total. The van der Waals surface area contributed by atoms with Gasteiger partial charge >= 0.3 is 5.91 Å². The van der Waals surface area contributed by atoms with E-state index in [1.807, 2.05) is 6.92 Å². The lowest BCUT2D eigenvalue weighted by atomic mass is 9.95. The van der Waals surface area contributed by atoms with E-state index >= 15 is 0 Å². The lowest BCUT2D eigenvalue weighted by Gasteiger charge is -2.23. The SMILES string of the molecule is CCCCCOc1ccc(C2C(=C(O)c3cccc(OCCC)c3)C(=O)C(=O)N2c2nc3ccc(F)cc3s2)cc1. The number of carbonyl (C=O) groups excluding carboxylic acids is 2. The Morgan fingerprint density at radius 2 is 1.73 bits per heavy atom. The summed E-state index contributed by atoms with van der Waals surface area (Å²) in [5.41, 5.74) is 1.38. The molecule has 3 aromatic carbocycles. The first-order chi connectivity index (χ1) is 19.9. The number of carbonyl (C=O) groups is 2. The molecule has 0 bridgehead atoms. The van der Waals surface area contributed by atoms with Crippen molar-refractivity contribution in [1.29, 1.82) is 0 Å². The second-order valence-electron chi connectivity index (χ2n) is 9.78. The molecule has 1 saturated heterocycles. The van der Waals surface area contributed by atoms with Gasteiger partial charge in [-0.15, -0.1) is 0 Å². The van der Waals surface area contributed by atoms with Crippen LogP contribution in [0.15, 0.2) is 72.3 Å². The minimum Gasteiger partial charge on any atom is -0.507 e. The zero-order valence-electron chi connectivity index (χ0n) is 22.9. The van der Waals surface area contributed by atoms with Gasteiger partial charge in [-0.3, -0.25) is 14.5 Å². The quantitative estimate of drug-likeness (QED) is 0.0868. The van der Waals surface area contributed by atoms with Crippen molar-refractivity contribution >= 4 is 44.1 Å². The number of Topliss-reactive ketones (excluding diaryl/α,β-unsaturated/α-hetero) is 1. The highest BCUT2D eigenvalue weighted by Crippen LogP contribution is 2.44. The van der Waals surface area contributed by atoms with Gasteiger partial charge in [0.2, 0.25) is 0 Å². The van der Waals surface area contributed by atoms with Crippen LogP contribution in [0.3, 0.4) is 0 Å². The number of fused-ring (bicyclic) bond motifs is 1. The lowest BCUT2D eigenvalue weighted by Crippen LogP contribution is -2.29. The Labute approximate surface area is 241 Å². The van der Waals surface area contributed by atoms with E-state index in [1.165, 1.54) is 23.1 Å². The van der Waals surface area contributed by atoms with Gasteiger partial charge in [-0.2, -0.15) is 0 Å². The van der Waals surface area contributed by atoms with Gasteiger partial charge in [0.05, 0.1) is 35.0 Å². The number of benzene rings is 3. The number of halogens is 1. The first kappa shape index (κ1) is 28.3. The normalized spacial score (nSPS) is 16.5. The van der Waals surface area contributed by atoms with E-state index in [1.54, 1.807) is 48.5 Å². The number of nitrogens with zero attached hydrogens (tertiary/aromatic N) is 2. The number of unbranched alkanes of at least 4 members (excludes halogenated alkanes) is 2. The fraction of sp³-hybridized carbons (Fsp3) is 0.281. The molecule has 1 amide bonds. The van der Waals surface area contributed by atoms with Crippen molar-refractivity contribution in [3.05, 3.63) is 89.2 Å². The summed E-state index contributed by atoms with van der Waals surface area (Å²) in [6.07, 6.45) is 3.92. The maximum atomic E-state index is 13.9. The summed E-state index contributed by atoms with van der Waals surface area (Å²) in [5, 5.41) is 11.7. The number of ether oxygens (including phenoxy) is 2. The number of ketones is 1. The minimum atomic E-state index is -0.963. The third kappa shape index (κ3) is 5.95. The number of anilines is 1. The highest BCUT2D eigenvalue weighted by molar-refractivity contribution is 7.22. The van der Waals surface area contributed by atoms with Gasteiger partial charge in [0.1, 0.15) is 23.1 Å². The second kappa shape index (κ2) is 12.5. The maximum absolute atomic E-state index is 13.9. The highest BCUT2D eigenvalue weighted by Gasteiger charge is 2.48.